The second kappa shape index (κ2) is 6.19. The topological polar surface area (TPSA) is 29.5 Å². The van der Waals surface area contributed by atoms with Crippen LogP contribution >= 0.6 is 0 Å². The van der Waals surface area contributed by atoms with Crippen molar-refractivity contribution in [1.82, 2.24) is 0 Å². The zero-order valence-corrected chi connectivity index (χ0v) is 10.3. The Kier molecular flexibility index (Phi) is 4.35. The van der Waals surface area contributed by atoms with E-state index in [9.17, 15) is 18.1 Å². The highest BCUT2D eigenvalue weighted by molar-refractivity contribution is 6.35. The highest BCUT2D eigenvalue weighted by Gasteiger charge is 2.21. The number of allylic oxidation sites excluding steroid dienone is 7. The SMILES string of the molecule is OC(=CC=C1C=CC=C1)c1ccc(F)cc1OB(F)F. The summed E-state index contributed by atoms with van der Waals surface area (Å²) >= 11 is 0. The number of benzene rings is 1. The predicted octanol–water partition coefficient (Wildman–Crippen LogP) is 4.08. The fourth-order valence-electron chi connectivity index (χ4n) is 1.67. The minimum absolute atomic E-state index is 0.00509. The van der Waals surface area contributed by atoms with Gasteiger partial charge in [0.05, 0.1) is 5.56 Å². The number of aliphatic hydroxyl groups is 1. The summed E-state index contributed by atoms with van der Waals surface area (Å²) in [5, 5.41) is 9.89. The average Bonchev–Trinajstić information content (AvgIpc) is 2.88. The molecule has 1 N–H and O–H groups in total. The molecule has 0 aromatic heterocycles. The zero-order valence-electron chi connectivity index (χ0n) is 10.3. The Balaban J connectivity index is 2.31. The van der Waals surface area contributed by atoms with Gasteiger partial charge in [-0.05, 0) is 23.8 Å². The predicted molar refractivity (Wildman–Crippen MR) is 72.0 cm³/mol. The first kappa shape index (κ1) is 14.1. The number of hydrogen-bond donors (Lipinski definition) is 1. The van der Waals surface area contributed by atoms with E-state index in [1.54, 1.807) is 6.08 Å². The van der Waals surface area contributed by atoms with Gasteiger partial charge in [-0.3, -0.25) is 0 Å². The van der Waals surface area contributed by atoms with Gasteiger partial charge >= 0.3 is 7.47 Å². The van der Waals surface area contributed by atoms with Crippen molar-refractivity contribution in [2.24, 2.45) is 0 Å². The van der Waals surface area contributed by atoms with Crippen molar-refractivity contribution >= 4 is 13.2 Å². The van der Waals surface area contributed by atoms with Crippen LogP contribution in [0.1, 0.15) is 5.56 Å². The van der Waals surface area contributed by atoms with Gasteiger partial charge in [0.25, 0.3) is 0 Å². The van der Waals surface area contributed by atoms with Crippen molar-refractivity contribution in [3.63, 3.8) is 0 Å². The third kappa shape index (κ3) is 3.57. The molecule has 2 rings (SSSR count). The smallest absolute Gasteiger partial charge is 0.507 e. The Morgan fingerprint density at radius 2 is 1.90 bits per heavy atom. The summed E-state index contributed by atoms with van der Waals surface area (Å²) in [4.78, 5) is 0. The van der Waals surface area contributed by atoms with Gasteiger partial charge in [-0.25, -0.2) is 13.0 Å². The number of hydrogen-bond acceptors (Lipinski definition) is 2. The summed E-state index contributed by atoms with van der Waals surface area (Å²) < 4.78 is 41.7. The van der Waals surface area contributed by atoms with E-state index in [1.807, 2.05) is 24.3 Å². The van der Waals surface area contributed by atoms with Crippen LogP contribution in [0.15, 0.2) is 60.2 Å². The first-order valence-electron chi connectivity index (χ1n) is 5.76. The normalized spacial score (nSPS) is 13.8. The van der Waals surface area contributed by atoms with E-state index < -0.39 is 19.0 Å². The first-order chi connectivity index (χ1) is 9.56. The molecule has 1 aliphatic rings. The molecule has 1 aromatic rings. The van der Waals surface area contributed by atoms with E-state index in [4.69, 9.17) is 0 Å². The molecule has 0 atom stereocenters. The standard InChI is InChI=1S/C14H10BF3O2/c16-11-6-7-12(14(9-11)20-15(17)18)13(19)8-5-10-3-1-2-4-10/h1-9,19H. The van der Waals surface area contributed by atoms with E-state index >= 15 is 0 Å². The Bertz CT molecular complexity index is 605. The molecular formula is C14H10BF3O2. The maximum Gasteiger partial charge on any atom is 0.796 e. The van der Waals surface area contributed by atoms with Crippen molar-refractivity contribution in [1.29, 1.82) is 0 Å². The molecule has 2 nitrogen and oxygen atoms in total. The van der Waals surface area contributed by atoms with Gasteiger partial charge < -0.3 is 9.76 Å². The molecule has 0 heterocycles. The van der Waals surface area contributed by atoms with Crippen LogP contribution in [0.5, 0.6) is 5.75 Å². The maximum absolute atomic E-state index is 13.0. The second-order valence-electron chi connectivity index (χ2n) is 3.96. The Morgan fingerprint density at radius 3 is 2.55 bits per heavy atom. The van der Waals surface area contributed by atoms with Crippen LogP contribution in [0, 0.1) is 5.82 Å². The third-order valence-corrected chi connectivity index (χ3v) is 2.56. The van der Waals surface area contributed by atoms with Crippen LogP contribution < -0.4 is 4.65 Å². The lowest BCUT2D eigenvalue weighted by atomic mass is 10.1. The zero-order chi connectivity index (χ0) is 14.5. The summed E-state index contributed by atoms with van der Waals surface area (Å²) in [6.07, 6.45) is 10.2. The van der Waals surface area contributed by atoms with Gasteiger partial charge in [0.15, 0.2) is 0 Å². The highest BCUT2D eigenvalue weighted by atomic mass is 19.2. The summed E-state index contributed by atoms with van der Waals surface area (Å²) in [6, 6.07) is 3.03. The fourth-order valence-corrected chi connectivity index (χ4v) is 1.67. The molecule has 0 radical (unpaired) electrons. The molecular weight excluding hydrogens is 268 g/mol. The molecule has 0 bridgehead atoms. The summed E-state index contributed by atoms with van der Waals surface area (Å²) in [5.74, 6) is -1.43. The molecule has 102 valence electrons. The van der Waals surface area contributed by atoms with E-state index in [0.29, 0.717) is 0 Å². The van der Waals surface area contributed by atoms with Gasteiger partial charge in [-0.15, -0.1) is 0 Å². The Morgan fingerprint density at radius 1 is 1.20 bits per heavy atom. The quantitative estimate of drug-likeness (QED) is 0.664. The molecule has 0 aliphatic heterocycles. The van der Waals surface area contributed by atoms with Gasteiger partial charge in [0.2, 0.25) is 0 Å². The number of aliphatic hydroxyl groups excluding tert-OH is 1. The molecule has 0 saturated heterocycles. The van der Waals surface area contributed by atoms with Crippen molar-refractivity contribution in [3.05, 3.63) is 71.6 Å². The average molecular weight is 278 g/mol. The van der Waals surface area contributed by atoms with Gasteiger partial charge in [0, 0.05) is 6.07 Å². The summed E-state index contributed by atoms with van der Waals surface area (Å²) in [6.45, 7) is 0. The molecule has 0 fully saturated rings. The Hall–Kier alpha value is -2.37. The molecule has 6 heteroatoms. The van der Waals surface area contributed by atoms with Crippen molar-refractivity contribution < 1.29 is 22.8 Å². The fraction of sp³-hybridized carbons (Fsp3) is 0. The molecule has 0 saturated carbocycles. The molecule has 0 spiro atoms. The minimum atomic E-state index is -3.09. The third-order valence-electron chi connectivity index (χ3n) is 2.56. The second-order valence-corrected chi connectivity index (χ2v) is 3.96. The molecule has 0 amide bonds. The van der Waals surface area contributed by atoms with Crippen molar-refractivity contribution in [2.45, 2.75) is 0 Å². The van der Waals surface area contributed by atoms with Crippen LogP contribution in [0.2, 0.25) is 0 Å². The van der Waals surface area contributed by atoms with Crippen molar-refractivity contribution in [3.8, 4) is 5.75 Å². The maximum atomic E-state index is 13.0. The molecule has 20 heavy (non-hydrogen) atoms. The van der Waals surface area contributed by atoms with E-state index in [-0.39, 0.29) is 11.3 Å². The number of halogens is 3. The van der Waals surface area contributed by atoms with E-state index in [2.05, 4.69) is 4.65 Å². The van der Waals surface area contributed by atoms with Crippen LogP contribution in [-0.2, 0) is 0 Å². The van der Waals surface area contributed by atoms with Gasteiger partial charge in [-0.2, -0.15) is 0 Å². The first-order valence-corrected chi connectivity index (χ1v) is 5.76. The van der Waals surface area contributed by atoms with Gasteiger partial charge in [-0.1, -0.05) is 30.4 Å². The molecule has 0 unspecified atom stereocenters. The Labute approximate surface area is 114 Å². The van der Waals surface area contributed by atoms with E-state index in [1.165, 1.54) is 12.1 Å². The lowest BCUT2D eigenvalue weighted by molar-refractivity contribution is 0.419. The lowest BCUT2D eigenvalue weighted by Gasteiger charge is -2.09. The minimum Gasteiger partial charge on any atom is -0.507 e. The summed E-state index contributed by atoms with van der Waals surface area (Å²) in [5.41, 5.74) is 0.837. The largest absolute Gasteiger partial charge is 0.796 e. The lowest BCUT2D eigenvalue weighted by Crippen LogP contribution is -2.10. The highest BCUT2D eigenvalue weighted by Crippen LogP contribution is 2.27. The molecule has 1 aromatic carbocycles. The summed E-state index contributed by atoms with van der Waals surface area (Å²) in [7, 11) is -3.09. The number of rotatable bonds is 4. The van der Waals surface area contributed by atoms with Crippen LogP contribution in [0.4, 0.5) is 13.0 Å². The van der Waals surface area contributed by atoms with Crippen LogP contribution in [0.25, 0.3) is 5.76 Å². The van der Waals surface area contributed by atoms with Gasteiger partial charge in [0.1, 0.15) is 17.3 Å². The molecule has 1 aliphatic carbocycles. The van der Waals surface area contributed by atoms with Crippen LogP contribution in [0.3, 0.4) is 0 Å². The monoisotopic (exact) mass is 278 g/mol. The van der Waals surface area contributed by atoms with E-state index in [0.717, 1.165) is 17.7 Å². The van der Waals surface area contributed by atoms with Crippen LogP contribution in [-0.4, -0.2) is 12.6 Å². The van der Waals surface area contributed by atoms with Crippen molar-refractivity contribution in [2.75, 3.05) is 0 Å².